The lowest BCUT2D eigenvalue weighted by Crippen LogP contribution is -2.63. The van der Waals surface area contributed by atoms with Crippen LogP contribution in [0.3, 0.4) is 0 Å². The van der Waals surface area contributed by atoms with Crippen LogP contribution in [0.25, 0.3) is 0 Å². The summed E-state index contributed by atoms with van der Waals surface area (Å²) in [5.41, 5.74) is 11.5. The minimum Gasteiger partial charge on any atom is -0.480 e. The van der Waals surface area contributed by atoms with E-state index in [2.05, 4.69) is 15.6 Å². The Labute approximate surface area is 222 Å². The van der Waals surface area contributed by atoms with Gasteiger partial charge in [0.15, 0.2) is 17.3 Å². The van der Waals surface area contributed by atoms with Gasteiger partial charge < -0.3 is 21.9 Å². The number of ketones is 1. The molecule has 1 atom stereocenters. The number of carboxylic acid groups (broad SMARTS) is 1. The second kappa shape index (κ2) is 13.7. The third-order valence-electron chi connectivity index (χ3n) is 6.18. The summed E-state index contributed by atoms with van der Waals surface area (Å²) in [6.45, 7) is -0.236. The van der Waals surface area contributed by atoms with E-state index >= 15 is 0 Å². The number of aliphatic carboxylic acids is 1. The van der Waals surface area contributed by atoms with Gasteiger partial charge in [-0.15, -0.1) is 0 Å². The van der Waals surface area contributed by atoms with Gasteiger partial charge in [-0.3, -0.25) is 24.7 Å². The first-order valence-electron chi connectivity index (χ1n) is 12.3. The number of Topliss-reactive ketones (excluding diaryl/α,β-unsaturated/α-hetero) is 1. The Balaban J connectivity index is 2.11. The lowest BCUT2D eigenvalue weighted by Gasteiger charge is -2.35. The van der Waals surface area contributed by atoms with Crippen molar-refractivity contribution < 1.29 is 19.5 Å². The van der Waals surface area contributed by atoms with E-state index in [1.54, 1.807) is 0 Å². The largest absolute Gasteiger partial charge is 0.480 e. The number of amides is 1. The summed E-state index contributed by atoms with van der Waals surface area (Å²) in [4.78, 5) is 43.8. The molecule has 3 aromatic carbocycles. The summed E-state index contributed by atoms with van der Waals surface area (Å²) in [7, 11) is 0. The summed E-state index contributed by atoms with van der Waals surface area (Å²) in [5, 5.41) is 14.9. The predicted molar refractivity (Wildman–Crippen MR) is 146 cm³/mol. The molecule has 0 aliphatic heterocycles. The van der Waals surface area contributed by atoms with Crippen LogP contribution in [0.2, 0.25) is 0 Å². The number of carboxylic acids is 1. The van der Waals surface area contributed by atoms with Crippen molar-refractivity contribution in [3.05, 3.63) is 108 Å². The molecule has 0 radical (unpaired) electrons. The summed E-state index contributed by atoms with van der Waals surface area (Å²) >= 11 is 0. The van der Waals surface area contributed by atoms with Gasteiger partial charge in [-0.1, -0.05) is 91.0 Å². The van der Waals surface area contributed by atoms with Gasteiger partial charge in [-0.2, -0.15) is 0 Å². The van der Waals surface area contributed by atoms with Crippen molar-refractivity contribution in [2.24, 2.45) is 16.5 Å². The highest BCUT2D eigenvalue weighted by molar-refractivity contribution is 6.14. The predicted octanol–water partition coefficient (Wildman–Crippen LogP) is 2.17. The van der Waals surface area contributed by atoms with Crippen molar-refractivity contribution in [2.75, 3.05) is 13.1 Å². The van der Waals surface area contributed by atoms with Crippen LogP contribution in [0.1, 0.15) is 35.4 Å². The number of carbonyl (C=O) groups is 3. The minimum absolute atomic E-state index is 0.0388. The summed E-state index contributed by atoms with van der Waals surface area (Å²) in [6.07, 6.45) is 0.333. The number of nitrogens with zero attached hydrogens (tertiary/aromatic N) is 1. The smallest absolute Gasteiger partial charge is 0.322 e. The fourth-order valence-corrected chi connectivity index (χ4v) is 4.34. The number of guanidine groups is 1. The normalized spacial score (nSPS) is 12.3. The van der Waals surface area contributed by atoms with E-state index in [4.69, 9.17) is 11.5 Å². The van der Waals surface area contributed by atoms with Crippen LogP contribution in [0.5, 0.6) is 0 Å². The van der Waals surface area contributed by atoms with Crippen LogP contribution in [0.15, 0.2) is 96.0 Å². The number of nitrogens with one attached hydrogen (secondary N) is 2. The monoisotopic (exact) mass is 515 g/mol. The zero-order valence-electron chi connectivity index (χ0n) is 21.0. The third-order valence-corrected chi connectivity index (χ3v) is 6.18. The van der Waals surface area contributed by atoms with E-state index in [0.29, 0.717) is 17.5 Å². The van der Waals surface area contributed by atoms with Crippen molar-refractivity contribution >= 4 is 23.6 Å². The average Bonchev–Trinajstić information content (AvgIpc) is 2.93. The molecule has 0 spiro atoms. The van der Waals surface area contributed by atoms with Crippen LogP contribution < -0.4 is 22.1 Å². The first kappa shape index (κ1) is 28.1. The summed E-state index contributed by atoms with van der Waals surface area (Å²) < 4.78 is 0. The number of hydrogen-bond donors (Lipinski definition) is 5. The maximum atomic E-state index is 14.6. The van der Waals surface area contributed by atoms with E-state index in [1.165, 1.54) is 0 Å². The molecule has 7 N–H and O–H groups in total. The maximum Gasteiger partial charge on any atom is 0.322 e. The molecule has 9 heteroatoms. The van der Waals surface area contributed by atoms with Gasteiger partial charge in [0.05, 0.1) is 5.92 Å². The molecular weight excluding hydrogens is 482 g/mol. The molecule has 0 fully saturated rings. The summed E-state index contributed by atoms with van der Waals surface area (Å²) in [6, 6.07) is 27.8. The minimum atomic E-state index is -1.78. The first-order chi connectivity index (χ1) is 18.3. The summed E-state index contributed by atoms with van der Waals surface area (Å²) in [5.74, 6) is -3.23. The van der Waals surface area contributed by atoms with Crippen LogP contribution in [0, 0.1) is 0 Å². The lowest BCUT2D eigenvalue weighted by atomic mass is 9.75. The molecule has 0 bridgehead atoms. The fourth-order valence-electron chi connectivity index (χ4n) is 4.34. The van der Waals surface area contributed by atoms with Gasteiger partial charge >= 0.3 is 5.97 Å². The zero-order chi connectivity index (χ0) is 27.4. The second-order valence-electron chi connectivity index (χ2n) is 8.85. The van der Waals surface area contributed by atoms with Crippen molar-refractivity contribution in [1.29, 1.82) is 0 Å². The molecule has 38 heavy (non-hydrogen) atoms. The van der Waals surface area contributed by atoms with Crippen LogP contribution in [0.4, 0.5) is 0 Å². The van der Waals surface area contributed by atoms with Crippen LogP contribution in [-0.4, -0.2) is 47.4 Å². The number of aliphatic imine (C=N–C) groups is 1. The topological polar surface area (TPSA) is 160 Å². The SMILES string of the molecule is NC(N)=NCCC[C@](NCc1ccccc1)(C(=O)NCC(=O)O)C(=O)C(c1ccccc1)c1ccccc1. The molecule has 0 saturated carbocycles. The number of hydrogen-bond acceptors (Lipinski definition) is 5. The van der Waals surface area contributed by atoms with Crippen molar-refractivity contribution in [2.45, 2.75) is 30.8 Å². The molecule has 3 aromatic rings. The molecule has 0 unspecified atom stereocenters. The Morgan fingerprint density at radius 2 is 1.37 bits per heavy atom. The molecule has 0 heterocycles. The van der Waals surface area contributed by atoms with Crippen LogP contribution >= 0.6 is 0 Å². The van der Waals surface area contributed by atoms with Gasteiger partial charge in [0.25, 0.3) is 0 Å². The average molecular weight is 516 g/mol. The van der Waals surface area contributed by atoms with E-state index in [0.717, 1.165) is 5.56 Å². The van der Waals surface area contributed by atoms with Gasteiger partial charge in [0.1, 0.15) is 6.54 Å². The number of nitrogens with two attached hydrogens (primary N) is 2. The Morgan fingerprint density at radius 1 is 0.842 bits per heavy atom. The van der Waals surface area contributed by atoms with Crippen LogP contribution in [-0.2, 0) is 20.9 Å². The van der Waals surface area contributed by atoms with E-state index in [1.807, 2.05) is 91.0 Å². The number of carbonyl (C=O) groups excluding carboxylic acids is 2. The molecule has 1 amide bonds. The fraction of sp³-hybridized carbons (Fsp3) is 0.241. The molecule has 0 aromatic heterocycles. The highest BCUT2D eigenvalue weighted by Gasteiger charge is 2.48. The Morgan fingerprint density at radius 3 is 1.87 bits per heavy atom. The standard InChI is InChI=1S/C29H33N5O4/c30-28(31)32-18-10-17-29(27(38)33-20-24(35)36,34-19-21-11-4-1-5-12-21)26(37)25(22-13-6-2-7-14-22)23-15-8-3-9-16-23/h1-9,11-16,25,34H,10,17-20H2,(H,33,38)(H,35,36)(H4,30,31,32)/t29-/m1/s1. The van der Waals surface area contributed by atoms with Gasteiger partial charge in [0, 0.05) is 13.1 Å². The highest BCUT2D eigenvalue weighted by Crippen LogP contribution is 2.32. The molecular formula is C29H33N5O4. The zero-order valence-corrected chi connectivity index (χ0v) is 21.0. The Bertz CT molecular complexity index is 1190. The van der Waals surface area contributed by atoms with Crippen molar-refractivity contribution in [1.82, 2.24) is 10.6 Å². The first-order valence-corrected chi connectivity index (χ1v) is 12.3. The molecule has 9 nitrogen and oxygen atoms in total. The molecule has 0 saturated heterocycles. The maximum absolute atomic E-state index is 14.6. The number of rotatable bonds is 14. The molecule has 0 aliphatic carbocycles. The molecule has 3 rings (SSSR count). The number of benzene rings is 3. The van der Waals surface area contributed by atoms with E-state index < -0.39 is 35.7 Å². The molecule has 198 valence electrons. The Kier molecular flexibility index (Phi) is 10.1. The lowest BCUT2D eigenvalue weighted by molar-refractivity contribution is -0.143. The van der Waals surface area contributed by atoms with Gasteiger partial charge in [-0.25, -0.2) is 0 Å². The van der Waals surface area contributed by atoms with E-state index in [9.17, 15) is 19.5 Å². The molecule has 0 aliphatic rings. The van der Waals surface area contributed by atoms with Crippen molar-refractivity contribution in [3.8, 4) is 0 Å². The third kappa shape index (κ3) is 7.50. The van der Waals surface area contributed by atoms with E-state index in [-0.39, 0.29) is 25.5 Å². The quantitative estimate of drug-likeness (QED) is 0.0952. The second-order valence-corrected chi connectivity index (χ2v) is 8.85. The van der Waals surface area contributed by atoms with Gasteiger partial charge in [-0.05, 0) is 29.5 Å². The highest BCUT2D eigenvalue weighted by atomic mass is 16.4. The Hall–Kier alpha value is -4.50. The van der Waals surface area contributed by atoms with Gasteiger partial charge in [0.2, 0.25) is 5.91 Å². The van der Waals surface area contributed by atoms with Crippen molar-refractivity contribution in [3.63, 3.8) is 0 Å².